The zero-order valence-corrected chi connectivity index (χ0v) is 17.2. The number of nitrogens with one attached hydrogen (secondary N) is 1. The third-order valence-corrected chi connectivity index (χ3v) is 5.81. The van der Waals surface area contributed by atoms with Gasteiger partial charge in [-0.25, -0.2) is 5.43 Å². The van der Waals surface area contributed by atoms with Crippen molar-refractivity contribution in [2.75, 3.05) is 12.0 Å². The maximum atomic E-state index is 12.1. The van der Waals surface area contributed by atoms with E-state index in [1.807, 2.05) is 55.6 Å². The van der Waals surface area contributed by atoms with Gasteiger partial charge in [-0.3, -0.25) is 9.78 Å². The predicted octanol–water partition coefficient (Wildman–Crippen LogP) is 4.82. The van der Waals surface area contributed by atoms with Gasteiger partial charge >= 0.3 is 0 Å². The number of aryl methyl sites for hydroxylation is 2. The first-order valence-corrected chi connectivity index (χ1v) is 10.7. The van der Waals surface area contributed by atoms with E-state index in [2.05, 4.69) is 28.5 Å². The second-order valence-corrected chi connectivity index (χ2v) is 7.98. The van der Waals surface area contributed by atoms with Crippen LogP contribution in [-0.2, 0) is 4.79 Å². The topological polar surface area (TPSA) is 54.4 Å². The van der Waals surface area contributed by atoms with Crippen LogP contribution in [0.3, 0.4) is 0 Å². The van der Waals surface area contributed by atoms with Crippen LogP contribution < -0.4 is 5.43 Å². The summed E-state index contributed by atoms with van der Waals surface area (Å²) in [6, 6.07) is 16.2. The van der Waals surface area contributed by atoms with Crippen LogP contribution in [0.4, 0.5) is 0 Å². The molecule has 4 nitrogen and oxygen atoms in total. The number of aromatic nitrogens is 1. The number of hydrazone groups is 1. The number of thioether (sulfide) groups is 2. The highest BCUT2D eigenvalue weighted by atomic mass is 32.2. The van der Waals surface area contributed by atoms with Crippen LogP contribution in [0.15, 0.2) is 63.4 Å². The van der Waals surface area contributed by atoms with Crippen LogP contribution in [0.1, 0.15) is 16.8 Å². The van der Waals surface area contributed by atoms with Gasteiger partial charge in [-0.15, -0.1) is 23.5 Å². The summed E-state index contributed by atoms with van der Waals surface area (Å²) < 4.78 is 0. The molecule has 0 spiro atoms. The van der Waals surface area contributed by atoms with Crippen LogP contribution in [0.2, 0.25) is 0 Å². The first kappa shape index (κ1) is 19.5. The third kappa shape index (κ3) is 5.11. The lowest BCUT2D eigenvalue weighted by Crippen LogP contribution is -2.19. The van der Waals surface area contributed by atoms with Crippen LogP contribution in [0, 0.1) is 13.8 Å². The van der Waals surface area contributed by atoms with E-state index in [1.165, 1.54) is 16.7 Å². The molecule has 1 aromatic heterocycles. The number of para-hydroxylation sites is 1. The maximum Gasteiger partial charge on any atom is 0.250 e. The molecule has 0 aliphatic rings. The Labute approximate surface area is 167 Å². The van der Waals surface area contributed by atoms with Crippen molar-refractivity contribution in [1.82, 2.24) is 10.4 Å². The van der Waals surface area contributed by atoms with Gasteiger partial charge in [0.2, 0.25) is 5.91 Å². The van der Waals surface area contributed by atoms with Gasteiger partial charge in [0, 0.05) is 20.9 Å². The quantitative estimate of drug-likeness (QED) is 0.369. The molecule has 0 bridgehead atoms. The summed E-state index contributed by atoms with van der Waals surface area (Å²) in [5, 5.41) is 5.13. The molecule has 0 fully saturated rings. The standard InChI is InChI=1S/C21H21N3OS2/c1-14-5-4-6-18-19(11-15(2)23-21(14)18)27-13-20(25)24-22-12-16-7-9-17(26-3)10-8-16/h4-12H,13H2,1-3H3,(H,24,25). The second-order valence-electron chi connectivity index (χ2n) is 6.09. The monoisotopic (exact) mass is 395 g/mol. The number of rotatable bonds is 6. The molecule has 6 heteroatoms. The Kier molecular flexibility index (Phi) is 6.53. The predicted molar refractivity (Wildman–Crippen MR) is 116 cm³/mol. The Hall–Kier alpha value is -2.31. The van der Waals surface area contributed by atoms with E-state index in [0.29, 0.717) is 5.75 Å². The van der Waals surface area contributed by atoms with Gasteiger partial charge in [-0.1, -0.05) is 30.3 Å². The lowest BCUT2D eigenvalue weighted by Gasteiger charge is -2.09. The number of carbonyl (C=O) groups is 1. The number of hydrogen-bond donors (Lipinski definition) is 1. The number of pyridine rings is 1. The van der Waals surface area contributed by atoms with Crippen LogP contribution in [0.25, 0.3) is 10.9 Å². The smallest absolute Gasteiger partial charge is 0.250 e. The lowest BCUT2D eigenvalue weighted by molar-refractivity contribution is -0.118. The molecule has 2 aromatic carbocycles. The first-order chi connectivity index (χ1) is 13.1. The fourth-order valence-corrected chi connectivity index (χ4v) is 3.98. The van der Waals surface area contributed by atoms with E-state index in [1.54, 1.807) is 18.0 Å². The third-order valence-electron chi connectivity index (χ3n) is 4.01. The Morgan fingerprint density at radius 2 is 1.96 bits per heavy atom. The van der Waals surface area contributed by atoms with Gasteiger partial charge in [0.15, 0.2) is 0 Å². The van der Waals surface area contributed by atoms with Gasteiger partial charge < -0.3 is 0 Å². The number of carbonyl (C=O) groups excluding carboxylic acids is 1. The highest BCUT2D eigenvalue weighted by Crippen LogP contribution is 2.29. The summed E-state index contributed by atoms with van der Waals surface area (Å²) in [5.74, 6) is 0.169. The number of benzene rings is 2. The van der Waals surface area contributed by atoms with E-state index in [0.717, 1.165) is 32.6 Å². The molecule has 3 rings (SSSR count). The fraction of sp³-hybridized carbons (Fsp3) is 0.190. The largest absolute Gasteiger partial charge is 0.272 e. The van der Waals surface area contributed by atoms with Gasteiger partial charge in [0.25, 0.3) is 0 Å². The summed E-state index contributed by atoms with van der Waals surface area (Å²) in [6.07, 6.45) is 3.69. The van der Waals surface area contributed by atoms with Gasteiger partial charge in [0.1, 0.15) is 0 Å². The first-order valence-electron chi connectivity index (χ1n) is 8.52. The normalized spacial score (nSPS) is 11.2. The fourth-order valence-electron chi connectivity index (χ4n) is 2.65. The molecule has 27 heavy (non-hydrogen) atoms. The number of fused-ring (bicyclic) bond motifs is 1. The zero-order valence-electron chi connectivity index (χ0n) is 15.5. The molecule has 0 atom stereocenters. The number of nitrogens with zero attached hydrogens (tertiary/aromatic N) is 2. The average molecular weight is 396 g/mol. The molecule has 138 valence electrons. The highest BCUT2D eigenvalue weighted by Gasteiger charge is 2.09. The maximum absolute atomic E-state index is 12.1. The van der Waals surface area contributed by atoms with Crippen molar-refractivity contribution in [3.05, 3.63) is 65.4 Å². The number of amides is 1. The van der Waals surface area contributed by atoms with Crippen molar-refractivity contribution >= 4 is 46.5 Å². The molecule has 0 saturated heterocycles. The highest BCUT2D eigenvalue weighted by molar-refractivity contribution is 8.00. The van der Waals surface area contributed by atoms with Crippen molar-refractivity contribution in [2.24, 2.45) is 5.10 Å². The van der Waals surface area contributed by atoms with E-state index < -0.39 is 0 Å². The Morgan fingerprint density at radius 3 is 2.70 bits per heavy atom. The van der Waals surface area contributed by atoms with Crippen LogP contribution in [0.5, 0.6) is 0 Å². The molecular formula is C21H21N3OS2. The molecule has 3 aromatic rings. The summed E-state index contributed by atoms with van der Waals surface area (Å²) in [6.45, 7) is 4.03. The van der Waals surface area contributed by atoms with Gasteiger partial charge in [0.05, 0.1) is 17.5 Å². The minimum atomic E-state index is -0.132. The van der Waals surface area contributed by atoms with Crippen LogP contribution >= 0.6 is 23.5 Å². The van der Waals surface area contributed by atoms with E-state index >= 15 is 0 Å². The minimum absolute atomic E-state index is 0.132. The van der Waals surface area contributed by atoms with Crippen molar-refractivity contribution in [3.8, 4) is 0 Å². The van der Waals surface area contributed by atoms with Crippen molar-refractivity contribution < 1.29 is 4.79 Å². The zero-order chi connectivity index (χ0) is 19.2. The molecule has 0 saturated carbocycles. The van der Waals surface area contributed by atoms with Crippen molar-refractivity contribution in [1.29, 1.82) is 0 Å². The van der Waals surface area contributed by atoms with E-state index in [9.17, 15) is 4.79 Å². The molecule has 0 aliphatic heterocycles. The Balaban J connectivity index is 1.61. The summed E-state index contributed by atoms with van der Waals surface area (Å²) in [7, 11) is 0. The Morgan fingerprint density at radius 1 is 1.19 bits per heavy atom. The molecule has 0 unspecified atom stereocenters. The van der Waals surface area contributed by atoms with Crippen molar-refractivity contribution in [3.63, 3.8) is 0 Å². The molecular weight excluding hydrogens is 374 g/mol. The van der Waals surface area contributed by atoms with E-state index in [-0.39, 0.29) is 5.91 Å². The van der Waals surface area contributed by atoms with Crippen LogP contribution in [-0.4, -0.2) is 29.1 Å². The molecule has 0 radical (unpaired) electrons. The van der Waals surface area contributed by atoms with Gasteiger partial charge in [-0.2, -0.15) is 5.10 Å². The average Bonchev–Trinajstić information content (AvgIpc) is 2.67. The second kappa shape index (κ2) is 9.06. The molecule has 1 amide bonds. The number of hydrogen-bond acceptors (Lipinski definition) is 5. The Bertz CT molecular complexity index is 985. The molecule has 1 heterocycles. The lowest BCUT2D eigenvalue weighted by atomic mass is 10.1. The van der Waals surface area contributed by atoms with Crippen molar-refractivity contribution in [2.45, 2.75) is 23.6 Å². The summed E-state index contributed by atoms with van der Waals surface area (Å²) >= 11 is 3.20. The molecule has 1 N–H and O–H groups in total. The summed E-state index contributed by atoms with van der Waals surface area (Å²) in [5.41, 5.74) is 6.63. The summed E-state index contributed by atoms with van der Waals surface area (Å²) in [4.78, 5) is 19.0. The molecule has 0 aliphatic carbocycles. The SMILES string of the molecule is CSc1ccc(C=NNC(=O)CSc2cc(C)nc3c(C)cccc23)cc1. The minimum Gasteiger partial charge on any atom is -0.272 e. The van der Waals surface area contributed by atoms with E-state index in [4.69, 9.17) is 0 Å². The van der Waals surface area contributed by atoms with Gasteiger partial charge in [-0.05, 0) is 49.4 Å².